The molecule has 114 valence electrons. The zero-order chi connectivity index (χ0) is 15.2. The first kappa shape index (κ1) is 15.5. The van der Waals surface area contributed by atoms with E-state index in [1.807, 2.05) is 12.1 Å². The average molecular weight is 290 g/mol. The molecule has 1 aliphatic heterocycles. The molecule has 1 aromatic carbocycles. The van der Waals surface area contributed by atoms with Crippen molar-refractivity contribution < 1.29 is 14.7 Å². The summed E-state index contributed by atoms with van der Waals surface area (Å²) in [6, 6.07) is 7.93. The topological polar surface area (TPSA) is 69.6 Å². The van der Waals surface area contributed by atoms with Gasteiger partial charge in [-0.3, -0.25) is 14.5 Å². The van der Waals surface area contributed by atoms with Crippen molar-refractivity contribution in [3.05, 3.63) is 35.4 Å². The molecule has 1 heterocycles. The highest BCUT2D eigenvalue weighted by Crippen LogP contribution is 2.20. The van der Waals surface area contributed by atoms with Crippen molar-refractivity contribution >= 4 is 11.9 Å². The third-order valence-corrected chi connectivity index (χ3v) is 3.98. The number of hydrogen-bond acceptors (Lipinski definition) is 3. The molecule has 0 aliphatic carbocycles. The van der Waals surface area contributed by atoms with Crippen LogP contribution in [0.15, 0.2) is 24.3 Å². The fraction of sp³-hybridized carbons (Fsp3) is 0.500. The van der Waals surface area contributed by atoms with Gasteiger partial charge >= 0.3 is 5.97 Å². The molecule has 1 aliphatic rings. The first-order valence-corrected chi connectivity index (χ1v) is 7.40. The lowest BCUT2D eigenvalue weighted by atomic mass is 10.0. The van der Waals surface area contributed by atoms with Crippen molar-refractivity contribution in [1.29, 1.82) is 0 Å². The number of aliphatic carboxylic acids is 1. The molecule has 1 aromatic rings. The van der Waals surface area contributed by atoms with Crippen molar-refractivity contribution in [1.82, 2.24) is 10.2 Å². The third kappa shape index (κ3) is 4.29. The maximum absolute atomic E-state index is 12.1. The zero-order valence-corrected chi connectivity index (χ0v) is 12.3. The van der Waals surface area contributed by atoms with Crippen LogP contribution in [-0.4, -0.2) is 41.0 Å². The SMILES string of the molecule is CC1CCCCN1Cc1ccccc1C(=O)NCC(=O)O. The number of carbonyl (C=O) groups is 2. The van der Waals surface area contributed by atoms with Crippen LogP contribution in [-0.2, 0) is 11.3 Å². The minimum atomic E-state index is -1.04. The Kier molecular flexibility index (Phi) is 5.33. The molecule has 1 amide bonds. The zero-order valence-electron chi connectivity index (χ0n) is 12.3. The monoisotopic (exact) mass is 290 g/mol. The van der Waals surface area contributed by atoms with E-state index in [1.165, 1.54) is 19.3 Å². The van der Waals surface area contributed by atoms with Gasteiger partial charge in [0.1, 0.15) is 6.54 Å². The Labute approximate surface area is 125 Å². The average Bonchev–Trinajstić information content (AvgIpc) is 2.47. The van der Waals surface area contributed by atoms with Gasteiger partial charge in [0.05, 0.1) is 0 Å². The number of hydrogen-bond donors (Lipinski definition) is 2. The summed E-state index contributed by atoms with van der Waals surface area (Å²) in [4.78, 5) is 25.0. The first-order valence-electron chi connectivity index (χ1n) is 7.40. The third-order valence-electron chi connectivity index (χ3n) is 3.98. The smallest absolute Gasteiger partial charge is 0.322 e. The number of nitrogens with one attached hydrogen (secondary N) is 1. The predicted octanol–water partition coefficient (Wildman–Crippen LogP) is 1.88. The van der Waals surface area contributed by atoms with Crippen molar-refractivity contribution in [2.75, 3.05) is 13.1 Å². The minimum absolute atomic E-state index is 0.322. The van der Waals surface area contributed by atoms with E-state index in [0.717, 1.165) is 18.7 Å². The second-order valence-corrected chi connectivity index (χ2v) is 5.55. The van der Waals surface area contributed by atoms with Crippen LogP contribution in [0.2, 0.25) is 0 Å². The van der Waals surface area contributed by atoms with Crippen LogP contribution in [0, 0.1) is 0 Å². The Bertz CT molecular complexity index is 516. The molecule has 5 heteroatoms. The summed E-state index contributed by atoms with van der Waals surface area (Å²) in [7, 11) is 0. The van der Waals surface area contributed by atoms with Crippen molar-refractivity contribution in [2.24, 2.45) is 0 Å². The molecule has 0 aromatic heterocycles. The normalized spacial score (nSPS) is 19.2. The summed E-state index contributed by atoms with van der Waals surface area (Å²) < 4.78 is 0. The second-order valence-electron chi connectivity index (χ2n) is 5.55. The fourth-order valence-corrected chi connectivity index (χ4v) is 2.74. The molecular weight excluding hydrogens is 268 g/mol. The maximum Gasteiger partial charge on any atom is 0.322 e. The molecule has 21 heavy (non-hydrogen) atoms. The van der Waals surface area contributed by atoms with Crippen LogP contribution in [0.25, 0.3) is 0 Å². The number of carboxylic acid groups (broad SMARTS) is 1. The number of amides is 1. The highest BCUT2D eigenvalue weighted by Gasteiger charge is 2.20. The van der Waals surface area contributed by atoms with E-state index in [4.69, 9.17) is 5.11 Å². The summed E-state index contributed by atoms with van der Waals surface area (Å²) >= 11 is 0. The second kappa shape index (κ2) is 7.22. The van der Waals surface area contributed by atoms with Gasteiger partial charge in [0.15, 0.2) is 0 Å². The van der Waals surface area contributed by atoms with Crippen molar-refractivity contribution in [3.63, 3.8) is 0 Å². The summed E-state index contributed by atoms with van der Waals surface area (Å²) in [5.74, 6) is -1.36. The molecule has 0 radical (unpaired) electrons. The Morgan fingerprint density at radius 2 is 2.10 bits per heavy atom. The lowest BCUT2D eigenvalue weighted by Gasteiger charge is -2.33. The Morgan fingerprint density at radius 1 is 1.33 bits per heavy atom. The number of carbonyl (C=O) groups excluding carboxylic acids is 1. The molecule has 1 atom stereocenters. The molecule has 1 unspecified atom stereocenters. The lowest BCUT2D eigenvalue weighted by molar-refractivity contribution is -0.135. The molecule has 5 nitrogen and oxygen atoms in total. The summed E-state index contributed by atoms with van der Waals surface area (Å²) in [6.45, 7) is 3.64. The summed E-state index contributed by atoms with van der Waals surface area (Å²) in [5, 5.41) is 11.1. The van der Waals surface area contributed by atoms with E-state index in [0.29, 0.717) is 11.6 Å². The van der Waals surface area contributed by atoms with Crippen molar-refractivity contribution in [3.8, 4) is 0 Å². The van der Waals surface area contributed by atoms with Gasteiger partial charge in [0, 0.05) is 18.2 Å². The number of rotatable bonds is 5. The van der Waals surface area contributed by atoms with Crippen LogP contribution in [0.1, 0.15) is 42.1 Å². The molecule has 0 saturated carbocycles. The Morgan fingerprint density at radius 3 is 2.81 bits per heavy atom. The number of nitrogens with zero attached hydrogens (tertiary/aromatic N) is 1. The molecule has 1 fully saturated rings. The summed E-state index contributed by atoms with van der Waals surface area (Å²) in [5.41, 5.74) is 1.52. The van der Waals surface area contributed by atoms with Gasteiger partial charge in [-0.05, 0) is 37.9 Å². The van der Waals surface area contributed by atoms with Gasteiger partial charge in [0.2, 0.25) is 0 Å². The quantitative estimate of drug-likeness (QED) is 0.868. The highest BCUT2D eigenvalue weighted by atomic mass is 16.4. The number of piperidine rings is 1. The van der Waals surface area contributed by atoms with Gasteiger partial charge < -0.3 is 10.4 Å². The van der Waals surface area contributed by atoms with E-state index in [1.54, 1.807) is 12.1 Å². The first-order chi connectivity index (χ1) is 10.1. The summed E-state index contributed by atoms with van der Waals surface area (Å²) in [6.07, 6.45) is 3.64. The van der Waals surface area contributed by atoms with Gasteiger partial charge in [-0.2, -0.15) is 0 Å². The van der Waals surface area contributed by atoms with Gasteiger partial charge in [-0.15, -0.1) is 0 Å². The highest BCUT2D eigenvalue weighted by molar-refractivity contribution is 5.97. The molecule has 2 N–H and O–H groups in total. The van der Waals surface area contributed by atoms with Crippen LogP contribution >= 0.6 is 0 Å². The van der Waals surface area contributed by atoms with Gasteiger partial charge in [-0.25, -0.2) is 0 Å². The van der Waals surface area contributed by atoms with E-state index in [2.05, 4.69) is 17.1 Å². The minimum Gasteiger partial charge on any atom is -0.480 e. The van der Waals surface area contributed by atoms with E-state index >= 15 is 0 Å². The number of benzene rings is 1. The molecule has 1 saturated heterocycles. The molecule has 0 bridgehead atoms. The van der Waals surface area contributed by atoms with Crippen LogP contribution in [0.4, 0.5) is 0 Å². The predicted molar refractivity (Wildman–Crippen MR) is 80.1 cm³/mol. The number of carboxylic acids is 1. The van der Waals surface area contributed by atoms with E-state index in [9.17, 15) is 9.59 Å². The molecular formula is C16H22N2O3. The van der Waals surface area contributed by atoms with Gasteiger partial charge in [-0.1, -0.05) is 24.6 Å². The standard InChI is InChI=1S/C16H22N2O3/c1-12-6-4-5-9-18(12)11-13-7-2-3-8-14(13)16(21)17-10-15(19)20/h2-3,7-8,12H,4-6,9-11H2,1H3,(H,17,21)(H,19,20). The van der Waals surface area contributed by atoms with E-state index in [-0.39, 0.29) is 12.5 Å². The van der Waals surface area contributed by atoms with Crippen LogP contribution in [0.3, 0.4) is 0 Å². The van der Waals surface area contributed by atoms with Crippen LogP contribution in [0.5, 0.6) is 0 Å². The van der Waals surface area contributed by atoms with Crippen molar-refractivity contribution in [2.45, 2.75) is 38.8 Å². The van der Waals surface area contributed by atoms with Crippen LogP contribution < -0.4 is 5.32 Å². The molecule has 0 spiro atoms. The maximum atomic E-state index is 12.1. The van der Waals surface area contributed by atoms with E-state index < -0.39 is 5.97 Å². The fourth-order valence-electron chi connectivity index (χ4n) is 2.74. The Hall–Kier alpha value is -1.88. The van der Waals surface area contributed by atoms with Gasteiger partial charge in [0.25, 0.3) is 5.91 Å². The lowest BCUT2D eigenvalue weighted by Crippen LogP contribution is -2.37. The largest absolute Gasteiger partial charge is 0.480 e. The number of likely N-dealkylation sites (tertiary alicyclic amines) is 1. The Balaban J connectivity index is 2.09. The molecule has 2 rings (SSSR count).